The van der Waals surface area contributed by atoms with Gasteiger partial charge in [-0.3, -0.25) is 0 Å². The van der Waals surface area contributed by atoms with Crippen molar-refractivity contribution in [3.05, 3.63) is 88.2 Å². The topological polar surface area (TPSA) is 53.5 Å². The Hall–Kier alpha value is -2.12. The lowest BCUT2D eigenvalue weighted by atomic mass is 9.90. The van der Waals surface area contributed by atoms with Crippen molar-refractivity contribution in [1.29, 1.82) is 0 Å². The molecule has 2 aromatic rings. The molecule has 0 unspecified atom stereocenters. The Bertz CT molecular complexity index is 1030. The van der Waals surface area contributed by atoms with Crippen LogP contribution in [-0.4, -0.2) is 10.2 Å². The number of hydrogen-bond donors (Lipinski definition) is 0. The molecule has 0 bridgehead atoms. The molecule has 0 radical (unpaired) electrons. The summed E-state index contributed by atoms with van der Waals surface area (Å²) in [5.74, 6) is -0.360. The maximum Gasteiger partial charge on any atom is 0.343 e. The molecule has 0 spiro atoms. The number of benzene rings is 2. The largest absolute Gasteiger partial charge is 0.361 e. The molecule has 0 aliphatic carbocycles. The Kier molecular flexibility index (Phi) is 6.67. The zero-order chi connectivity index (χ0) is 22.9. The second-order valence-electron chi connectivity index (χ2n) is 9.93. The molecule has 0 saturated carbocycles. The molecule has 0 atom stereocenters. The van der Waals surface area contributed by atoms with Crippen molar-refractivity contribution in [3.63, 3.8) is 0 Å². The molecular formula is C26H31N2OPS. The molecule has 1 aliphatic heterocycles. The van der Waals surface area contributed by atoms with Gasteiger partial charge in [0, 0.05) is 10.6 Å². The highest BCUT2D eigenvalue weighted by molar-refractivity contribution is 8.06. The van der Waals surface area contributed by atoms with Crippen molar-refractivity contribution >= 4 is 35.0 Å². The molecule has 0 amide bonds. The van der Waals surface area contributed by atoms with Gasteiger partial charge in [0.15, 0.2) is 0 Å². The van der Waals surface area contributed by atoms with E-state index in [1.807, 2.05) is 60.7 Å². The lowest BCUT2D eigenvalue weighted by molar-refractivity contribution is -0.00465. The molecule has 3 rings (SSSR count). The van der Waals surface area contributed by atoms with Crippen molar-refractivity contribution < 1.29 is 9.35 Å². The zero-order valence-electron chi connectivity index (χ0n) is 19.2. The van der Waals surface area contributed by atoms with Crippen molar-refractivity contribution in [1.82, 2.24) is 0 Å². The summed E-state index contributed by atoms with van der Waals surface area (Å²) in [7, 11) is -3.36. The van der Waals surface area contributed by atoms with Gasteiger partial charge in [-0.25, -0.2) is 0 Å². The average Bonchev–Trinajstić information content (AvgIpc) is 2.74. The third-order valence-corrected chi connectivity index (χ3v) is 10.3. The van der Waals surface area contributed by atoms with Gasteiger partial charge in [-0.1, -0.05) is 126 Å². The van der Waals surface area contributed by atoms with Crippen LogP contribution in [0.15, 0.2) is 82.6 Å². The second kappa shape index (κ2) is 8.79. The molecule has 31 heavy (non-hydrogen) atoms. The molecule has 2 aromatic carbocycles. The highest BCUT2D eigenvalue weighted by atomic mass is 32.2. The minimum Gasteiger partial charge on any atom is -0.361 e. The van der Waals surface area contributed by atoms with Crippen molar-refractivity contribution in [2.45, 2.75) is 41.5 Å². The standard InChI is InChI=1S/C26H31N2OPS/c1-25(2,3)22-17-19(18-23(31-22)26(4,5)6)24(28-27)30(29,20-13-9-7-10-14-20)21-15-11-8-12-16-21/h7-19H,1-6H3. The molecule has 1 aliphatic rings. The predicted octanol–water partition coefficient (Wildman–Crippen LogP) is 6.85. The first kappa shape index (κ1) is 23.5. The minimum absolute atomic E-state index is 0.0717. The van der Waals surface area contributed by atoms with Crippen LogP contribution in [0.3, 0.4) is 0 Å². The minimum atomic E-state index is -3.36. The first-order valence-corrected chi connectivity index (χ1v) is 13.1. The van der Waals surface area contributed by atoms with E-state index in [9.17, 15) is 10.1 Å². The molecule has 0 saturated heterocycles. The van der Waals surface area contributed by atoms with E-state index < -0.39 is 7.14 Å². The summed E-state index contributed by atoms with van der Waals surface area (Å²) in [5, 5.41) is 1.34. The van der Waals surface area contributed by atoms with Gasteiger partial charge in [0.05, 0.1) is 0 Å². The van der Waals surface area contributed by atoms with Crippen LogP contribution in [0, 0.1) is 16.7 Å². The fourth-order valence-electron chi connectivity index (χ4n) is 3.55. The van der Waals surface area contributed by atoms with E-state index in [4.69, 9.17) is 0 Å². The molecule has 0 fully saturated rings. The summed E-state index contributed by atoms with van der Waals surface area (Å²) in [5.41, 5.74) is 10.4. The van der Waals surface area contributed by atoms with Crippen LogP contribution in [0.5, 0.6) is 0 Å². The third-order valence-electron chi connectivity index (χ3n) is 5.32. The van der Waals surface area contributed by atoms with E-state index in [2.05, 4.69) is 58.5 Å². The molecule has 0 N–H and O–H groups in total. The zero-order valence-corrected chi connectivity index (χ0v) is 20.9. The van der Waals surface area contributed by atoms with E-state index in [1.165, 1.54) is 9.81 Å². The Morgan fingerprint density at radius 2 is 1.19 bits per heavy atom. The maximum absolute atomic E-state index is 14.8. The van der Waals surface area contributed by atoms with Gasteiger partial charge in [-0.2, -0.15) is 4.79 Å². The van der Waals surface area contributed by atoms with Crippen LogP contribution in [0.1, 0.15) is 41.5 Å². The average molecular weight is 451 g/mol. The maximum atomic E-state index is 14.8. The van der Waals surface area contributed by atoms with Gasteiger partial charge >= 0.3 is 5.45 Å². The highest BCUT2D eigenvalue weighted by Gasteiger charge is 2.45. The first-order valence-electron chi connectivity index (χ1n) is 10.5. The fourth-order valence-corrected chi connectivity index (χ4v) is 7.53. The summed E-state index contributed by atoms with van der Waals surface area (Å²) in [6.45, 7) is 13.1. The van der Waals surface area contributed by atoms with E-state index >= 15 is 0 Å². The van der Waals surface area contributed by atoms with E-state index in [0.717, 1.165) is 0 Å². The second-order valence-corrected chi connectivity index (χ2v) is 13.7. The van der Waals surface area contributed by atoms with E-state index in [1.54, 1.807) is 11.8 Å². The van der Waals surface area contributed by atoms with E-state index in [0.29, 0.717) is 16.1 Å². The molecule has 3 nitrogen and oxygen atoms in total. The van der Waals surface area contributed by atoms with Crippen LogP contribution < -0.4 is 10.6 Å². The molecule has 1 heterocycles. The van der Waals surface area contributed by atoms with Crippen LogP contribution in [0.4, 0.5) is 0 Å². The Morgan fingerprint density at radius 1 is 0.806 bits per heavy atom. The summed E-state index contributed by atoms with van der Waals surface area (Å²) >= 11 is 1.78. The fraction of sp³-hybridized carbons (Fsp3) is 0.346. The van der Waals surface area contributed by atoms with Gasteiger partial charge in [0.1, 0.15) is 5.92 Å². The summed E-state index contributed by atoms with van der Waals surface area (Å²) in [6, 6.07) is 18.8. The van der Waals surface area contributed by atoms with Gasteiger partial charge in [-0.05, 0) is 20.6 Å². The number of rotatable bonds is 4. The Morgan fingerprint density at radius 3 is 1.52 bits per heavy atom. The van der Waals surface area contributed by atoms with Crippen LogP contribution in [0.25, 0.3) is 5.53 Å². The van der Waals surface area contributed by atoms with Crippen LogP contribution >= 0.6 is 18.9 Å². The predicted molar refractivity (Wildman–Crippen MR) is 135 cm³/mol. The van der Waals surface area contributed by atoms with Gasteiger partial charge in [-0.15, -0.1) is 0 Å². The van der Waals surface area contributed by atoms with Crippen LogP contribution in [-0.2, 0) is 4.57 Å². The monoisotopic (exact) mass is 450 g/mol. The molecule has 162 valence electrons. The van der Waals surface area contributed by atoms with Crippen molar-refractivity contribution in [2.24, 2.45) is 16.7 Å². The Labute approximate surface area is 190 Å². The van der Waals surface area contributed by atoms with Gasteiger partial charge in [0.2, 0.25) is 7.14 Å². The third kappa shape index (κ3) is 4.88. The molecular weight excluding hydrogens is 419 g/mol. The number of thioether (sulfide) groups is 1. The summed E-state index contributed by atoms with van der Waals surface area (Å²) in [6.07, 6.45) is 4.24. The Balaban J connectivity index is 2.27. The number of allylic oxidation sites excluding steroid dienone is 4. The molecule has 0 aromatic heterocycles. The normalized spacial score (nSPS) is 15.7. The lowest BCUT2D eigenvalue weighted by Gasteiger charge is -2.33. The lowest BCUT2D eigenvalue weighted by Crippen LogP contribution is -2.29. The quantitative estimate of drug-likeness (QED) is 0.221. The number of nitrogens with zero attached hydrogens (tertiary/aromatic N) is 2. The van der Waals surface area contributed by atoms with Gasteiger partial charge in [0.25, 0.3) is 0 Å². The highest BCUT2D eigenvalue weighted by Crippen LogP contribution is 2.53. The summed E-state index contributed by atoms with van der Waals surface area (Å²) in [4.78, 5) is 6.11. The molecule has 5 heteroatoms. The van der Waals surface area contributed by atoms with Crippen molar-refractivity contribution in [2.75, 3.05) is 0 Å². The van der Waals surface area contributed by atoms with Crippen LogP contribution in [0.2, 0.25) is 0 Å². The van der Waals surface area contributed by atoms with Gasteiger partial charge < -0.3 is 10.1 Å². The van der Waals surface area contributed by atoms with E-state index in [-0.39, 0.29) is 16.7 Å². The van der Waals surface area contributed by atoms with Crippen molar-refractivity contribution in [3.8, 4) is 0 Å². The number of hydrogen-bond acceptors (Lipinski definition) is 2. The smallest absolute Gasteiger partial charge is 0.343 e. The first-order chi connectivity index (χ1) is 14.5. The SMILES string of the molecule is CC(C)(C)C1=CC(C(=[N+]=[N-])P(=O)(c2ccccc2)c2ccccc2)C=C(C(C)(C)C)S1. The summed E-state index contributed by atoms with van der Waals surface area (Å²) < 4.78 is 14.8.